The van der Waals surface area contributed by atoms with Crippen LogP contribution in [0.15, 0.2) is 176 Å². The van der Waals surface area contributed by atoms with E-state index in [9.17, 15) is 0 Å². The Morgan fingerprint density at radius 1 is 0.294 bits per heavy atom. The van der Waals surface area contributed by atoms with Gasteiger partial charge in [0.2, 0.25) is 0 Å². The van der Waals surface area contributed by atoms with Crippen LogP contribution in [0, 0.1) is 0 Å². The van der Waals surface area contributed by atoms with Crippen molar-refractivity contribution in [3.05, 3.63) is 176 Å². The average Bonchev–Trinajstić information content (AvgIpc) is 3.41. The van der Waals surface area contributed by atoms with Gasteiger partial charge in [0.05, 0.1) is 11.2 Å². The molecule has 1 fully saturated rings. The first kappa shape index (κ1) is 32.7. The van der Waals surface area contributed by atoms with Crippen molar-refractivity contribution in [2.45, 2.75) is 38.9 Å². The topological polar surface area (TPSA) is 18.5 Å². The number of hydrogen-bond acceptors (Lipinski definition) is 2. The van der Waals surface area contributed by atoms with Crippen LogP contribution in [0.3, 0.4) is 0 Å². The highest BCUT2D eigenvalue weighted by molar-refractivity contribution is 6.62. The molecule has 0 saturated carbocycles. The van der Waals surface area contributed by atoms with E-state index in [4.69, 9.17) is 9.31 Å². The van der Waals surface area contributed by atoms with Crippen LogP contribution in [0.5, 0.6) is 0 Å². The van der Waals surface area contributed by atoms with Gasteiger partial charge in [-0.2, -0.15) is 0 Å². The molecule has 7 aromatic rings. The van der Waals surface area contributed by atoms with E-state index >= 15 is 0 Å². The predicted molar refractivity (Wildman–Crippen MR) is 215 cm³/mol. The third-order valence-electron chi connectivity index (χ3n) is 10.5. The molecule has 7 aromatic carbocycles. The van der Waals surface area contributed by atoms with E-state index < -0.39 is 18.3 Å². The molecule has 0 spiro atoms. The monoisotopic (exact) mass is 660 g/mol. The molecule has 1 aliphatic rings. The van der Waals surface area contributed by atoms with Crippen molar-refractivity contribution in [3.63, 3.8) is 0 Å². The van der Waals surface area contributed by atoms with Gasteiger partial charge in [0.1, 0.15) is 0 Å². The minimum atomic E-state index is -0.476. The molecular formula is C48H41BO2. The lowest BCUT2D eigenvalue weighted by Crippen LogP contribution is -2.41. The molecule has 1 aliphatic heterocycles. The Labute approximate surface area is 302 Å². The second-order valence-corrected chi connectivity index (χ2v) is 14.5. The summed E-state index contributed by atoms with van der Waals surface area (Å²) in [6.45, 7) is 8.43. The van der Waals surface area contributed by atoms with E-state index in [1.165, 1.54) is 44.5 Å². The average molecular weight is 661 g/mol. The minimum Gasteiger partial charge on any atom is -0.399 e. The lowest BCUT2D eigenvalue weighted by Gasteiger charge is -2.32. The fourth-order valence-electron chi connectivity index (χ4n) is 6.83. The van der Waals surface area contributed by atoms with E-state index in [0.29, 0.717) is 0 Å². The Hall–Kier alpha value is -5.48. The van der Waals surface area contributed by atoms with Crippen LogP contribution < -0.4 is 5.46 Å². The van der Waals surface area contributed by atoms with E-state index in [2.05, 4.69) is 204 Å². The third kappa shape index (κ3) is 6.71. The summed E-state index contributed by atoms with van der Waals surface area (Å²) >= 11 is 0. The molecule has 0 unspecified atom stereocenters. The summed E-state index contributed by atoms with van der Waals surface area (Å²) in [4.78, 5) is 0. The molecule has 0 atom stereocenters. The van der Waals surface area contributed by atoms with Gasteiger partial charge < -0.3 is 9.31 Å². The summed E-state index contributed by atoms with van der Waals surface area (Å²) in [6.07, 6.45) is 0. The molecule has 0 radical (unpaired) electrons. The van der Waals surface area contributed by atoms with Crippen molar-refractivity contribution in [1.29, 1.82) is 0 Å². The Bertz CT molecular complexity index is 2130. The molecule has 8 rings (SSSR count). The number of hydrogen-bond donors (Lipinski definition) is 0. The molecule has 0 aliphatic carbocycles. The van der Waals surface area contributed by atoms with E-state index in [-0.39, 0.29) is 0 Å². The SMILES string of the molecule is CC1(C)OB(c2cc(-c3cccc(-c4ccc(-c5ccccc5)cc4)c3)cc(-c3cccc(-c4ccc(-c5ccccc5)cc4)c3)c2)OC1(C)C. The molecule has 0 bridgehead atoms. The van der Waals surface area contributed by atoms with Gasteiger partial charge in [0.25, 0.3) is 0 Å². The molecule has 1 saturated heterocycles. The van der Waals surface area contributed by atoms with E-state index in [1.807, 2.05) is 0 Å². The van der Waals surface area contributed by atoms with Gasteiger partial charge in [0.15, 0.2) is 0 Å². The zero-order valence-electron chi connectivity index (χ0n) is 29.6. The van der Waals surface area contributed by atoms with Crippen molar-refractivity contribution < 1.29 is 9.31 Å². The van der Waals surface area contributed by atoms with E-state index in [0.717, 1.165) is 27.7 Å². The maximum absolute atomic E-state index is 6.59. The highest BCUT2D eigenvalue weighted by Gasteiger charge is 2.51. The molecule has 0 amide bonds. The van der Waals surface area contributed by atoms with Crippen molar-refractivity contribution in [1.82, 2.24) is 0 Å². The fourth-order valence-corrected chi connectivity index (χ4v) is 6.83. The Morgan fingerprint density at radius 2 is 0.569 bits per heavy atom. The number of rotatable bonds is 7. The van der Waals surface area contributed by atoms with Crippen molar-refractivity contribution in [3.8, 4) is 66.8 Å². The highest BCUT2D eigenvalue weighted by Crippen LogP contribution is 2.38. The van der Waals surface area contributed by atoms with Gasteiger partial charge >= 0.3 is 7.12 Å². The maximum atomic E-state index is 6.59. The minimum absolute atomic E-state index is 0.439. The van der Waals surface area contributed by atoms with Crippen LogP contribution in [0.4, 0.5) is 0 Å². The summed E-state index contributed by atoms with van der Waals surface area (Å²) in [5.41, 5.74) is 14.3. The van der Waals surface area contributed by atoms with Crippen LogP contribution in [0.25, 0.3) is 66.8 Å². The first-order valence-electron chi connectivity index (χ1n) is 17.8. The second kappa shape index (κ2) is 13.3. The number of benzene rings is 7. The van der Waals surface area contributed by atoms with Gasteiger partial charge in [-0.25, -0.2) is 0 Å². The first-order valence-corrected chi connectivity index (χ1v) is 17.8. The molecule has 51 heavy (non-hydrogen) atoms. The van der Waals surface area contributed by atoms with Crippen molar-refractivity contribution in [2.24, 2.45) is 0 Å². The lowest BCUT2D eigenvalue weighted by atomic mass is 9.76. The molecule has 2 nitrogen and oxygen atoms in total. The first-order chi connectivity index (χ1) is 24.7. The zero-order valence-corrected chi connectivity index (χ0v) is 29.6. The summed E-state index contributed by atoms with van der Waals surface area (Å²) in [6, 6.07) is 63.1. The van der Waals surface area contributed by atoms with Crippen LogP contribution in [0.2, 0.25) is 0 Å². The molecule has 3 heteroatoms. The van der Waals surface area contributed by atoms with Gasteiger partial charge in [-0.15, -0.1) is 0 Å². The van der Waals surface area contributed by atoms with Crippen molar-refractivity contribution in [2.75, 3.05) is 0 Å². The van der Waals surface area contributed by atoms with Gasteiger partial charge in [0, 0.05) is 0 Å². The van der Waals surface area contributed by atoms with Crippen molar-refractivity contribution >= 4 is 12.6 Å². The maximum Gasteiger partial charge on any atom is 0.494 e. The smallest absolute Gasteiger partial charge is 0.399 e. The van der Waals surface area contributed by atoms with Crippen LogP contribution >= 0.6 is 0 Å². The molecule has 0 N–H and O–H groups in total. The Balaban J connectivity index is 1.17. The van der Waals surface area contributed by atoms with Crippen LogP contribution in [0.1, 0.15) is 27.7 Å². The summed E-state index contributed by atoms with van der Waals surface area (Å²) in [7, 11) is -0.476. The Kier molecular flexibility index (Phi) is 8.56. The molecule has 248 valence electrons. The Morgan fingerprint density at radius 3 is 0.941 bits per heavy atom. The van der Waals surface area contributed by atoms with Gasteiger partial charge in [-0.3, -0.25) is 0 Å². The summed E-state index contributed by atoms with van der Waals surface area (Å²) in [5, 5.41) is 0. The zero-order chi connectivity index (χ0) is 35.0. The largest absolute Gasteiger partial charge is 0.494 e. The standard InChI is InChI=1S/C48H41BO2/c1-47(2)48(3,4)51-49(50-47)46-32-44(42-19-11-17-40(29-42)38-25-21-36(22-26-38)34-13-7-5-8-14-34)31-45(33-46)43-20-12-18-41(30-43)39-27-23-37(24-28-39)35-15-9-6-10-16-35/h5-33H,1-4H3. The van der Waals surface area contributed by atoms with Gasteiger partial charge in [-0.1, -0.05) is 158 Å². The van der Waals surface area contributed by atoms with E-state index in [1.54, 1.807) is 0 Å². The highest BCUT2D eigenvalue weighted by atomic mass is 16.7. The second-order valence-electron chi connectivity index (χ2n) is 14.5. The normalized spacial score (nSPS) is 14.8. The summed E-state index contributed by atoms with van der Waals surface area (Å²) < 4.78 is 13.2. The quantitative estimate of drug-likeness (QED) is 0.158. The third-order valence-corrected chi connectivity index (χ3v) is 10.5. The summed E-state index contributed by atoms with van der Waals surface area (Å²) in [5.74, 6) is 0. The predicted octanol–water partition coefficient (Wildman–Crippen LogP) is 12.0. The van der Waals surface area contributed by atoms with Crippen LogP contribution in [-0.2, 0) is 9.31 Å². The van der Waals surface area contributed by atoms with Gasteiger partial charge in [-0.05, 0) is 118 Å². The molecule has 1 heterocycles. The lowest BCUT2D eigenvalue weighted by molar-refractivity contribution is 0.00578. The molecular weight excluding hydrogens is 619 g/mol. The fraction of sp³-hybridized carbons (Fsp3) is 0.125. The van der Waals surface area contributed by atoms with Crippen LogP contribution in [-0.4, -0.2) is 18.3 Å². The molecule has 0 aromatic heterocycles.